The van der Waals surface area contributed by atoms with Gasteiger partial charge in [-0.25, -0.2) is 0 Å². The molecule has 3 heteroatoms. The van der Waals surface area contributed by atoms with Crippen molar-refractivity contribution in [3.05, 3.63) is 29.8 Å². The molecular weight excluding hydrogens is 200 g/mol. The molecule has 16 heavy (non-hydrogen) atoms. The largest absolute Gasteiger partial charge is 0.324 e. The molecule has 86 valence electrons. The summed E-state index contributed by atoms with van der Waals surface area (Å²) in [6.45, 7) is 2.80. The average Bonchev–Trinajstić information content (AvgIpc) is 2.30. The normalized spacial score (nSPS) is 18.6. The van der Waals surface area contributed by atoms with Crippen LogP contribution in [0.4, 0.5) is 5.69 Å². The number of benzene rings is 1. The number of carbonyl (C=O) groups is 1. The molecular formula is C13H18N2O. The fourth-order valence-corrected chi connectivity index (χ4v) is 2.04. The van der Waals surface area contributed by atoms with Gasteiger partial charge >= 0.3 is 0 Å². The third-order valence-electron chi connectivity index (χ3n) is 3.05. The van der Waals surface area contributed by atoms with Crippen molar-refractivity contribution < 1.29 is 4.79 Å². The molecule has 2 N–H and O–H groups in total. The van der Waals surface area contributed by atoms with Gasteiger partial charge in [0.2, 0.25) is 5.91 Å². The van der Waals surface area contributed by atoms with Crippen molar-refractivity contribution in [3.63, 3.8) is 0 Å². The van der Waals surface area contributed by atoms with Gasteiger partial charge in [0, 0.05) is 24.7 Å². The van der Waals surface area contributed by atoms with E-state index in [1.54, 1.807) is 0 Å². The third-order valence-corrected chi connectivity index (χ3v) is 3.05. The first-order valence-corrected chi connectivity index (χ1v) is 5.84. The Kier molecular flexibility index (Phi) is 3.25. The summed E-state index contributed by atoms with van der Waals surface area (Å²) in [7, 11) is 0. The Morgan fingerprint density at radius 1 is 1.25 bits per heavy atom. The number of nitrogens with zero attached hydrogens (tertiary/aromatic N) is 1. The smallest absolute Gasteiger partial charge is 0.226 e. The second-order valence-corrected chi connectivity index (χ2v) is 4.38. The zero-order valence-corrected chi connectivity index (χ0v) is 9.65. The molecule has 1 amide bonds. The highest BCUT2D eigenvalue weighted by atomic mass is 16.2. The van der Waals surface area contributed by atoms with E-state index in [4.69, 9.17) is 5.73 Å². The highest BCUT2D eigenvalue weighted by Crippen LogP contribution is 2.22. The quantitative estimate of drug-likeness (QED) is 0.827. The number of anilines is 1. The Morgan fingerprint density at radius 2 is 1.94 bits per heavy atom. The molecule has 0 saturated carbocycles. The molecule has 2 rings (SSSR count). The van der Waals surface area contributed by atoms with Crippen molar-refractivity contribution in [1.82, 2.24) is 0 Å². The van der Waals surface area contributed by atoms with Crippen LogP contribution in [0.3, 0.4) is 0 Å². The topological polar surface area (TPSA) is 46.3 Å². The molecule has 1 atom stereocenters. The maximum absolute atomic E-state index is 11.7. The number of hydrogen-bond acceptors (Lipinski definition) is 2. The number of nitrogens with two attached hydrogens (primary N) is 1. The maximum Gasteiger partial charge on any atom is 0.226 e. The van der Waals surface area contributed by atoms with Crippen LogP contribution in [0.25, 0.3) is 0 Å². The van der Waals surface area contributed by atoms with Gasteiger partial charge in [0.05, 0.1) is 0 Å². The van der Waals surface area contributed by atoms with Crippen LogP contribution in [-0.2, 0) is 4.79 Å². The molecule has 1 aliphatic heterocycles. The Hall–Kier alpha value is -1.35. The lowest BCUT2D eigenvalue weighted by Crippen LogP contribution is -2.35. The summed E-state index contributed by atoms with van der Waals surface area (Å²) < 4.78 is 0. The van der Waals surface area contributed by atoms with Crippen molar-refractivity contribution in [2.24, 2.45) is 5.73 Å². The van der Waals surface area contributed by atoms with Gasteiger partial charge in [0.15, 0.2) is 0 Å². The molecule has 1 aromatic carbocycles. The lowest BCUT2D eigenvalue weighted by atomic mass is 10.1. The standard InChI is InChI=1S/C13H18N2O/c1-10(14)11-5-7-12(8-6-11)15-9-3-2-4-13(15)16/h5-8,10H,2-4,9,14H2,1H3/t10-/m0/s1. The van der Waals surface area contributed by atoms with Gasteiger partial charge < -0.3 is 10.6 Å². The van der Waals surface area contributed by atoms with Crippen molar-refractivity contribution in [3.8, 4) is 0 Å². The zero-order chi connectivity index (χ0) is 11.5. The molecule has 0 radical (unpaired) electrons. The van der Waals surface area contributed by atoms with Gasteiger partial charge in [-0.05, 0) is 37.5 Å². The Bertz CT molecular complexity index is 370. The Balaban J connectivity index is 2.17. The van der Waals surface area contributed by atoms with E-state index in [0.29, 0.717) is 6.42 Å². The summed E-state index contributed by atoms with van der Waals surface area (Å²) in [4.78, 5) is 13.6. The predicted molar refractivity (Wildman–Crippen MR) is 65.2 cm³/mol. The van der Waals surface area contributed by atoms with Crippen LogP contribution in [-0.4, -0.2) is 12.5 Å². The highest BCUT2D eigenvalue weighted by Gasteiger charge is 2.19. The van der Waals surface area contributed by atoms with E-state index in [9.17, 15) is 4.79 Å². The molecule has 1 saturated heterocycles. The summed E-state index contributed by atoms with van der Waals surface area (Å²) in [6.07, 6.45) is 2.79. The maximum atomic E-state index is 11.7. The molecule has 0 spiro atoms. The molecule has 0 unspecified atom stereocenters. The SMILES string of the molecule is C[C@H](N)c1ccc(N2CCCCC2=O)cc1. The van der Waals surface area contributed by atoms with Crippen LogP contribution in [0.15, 0.2) is 24.3 Å². The summed E-state index contributed by atoms with van der Waals surface area (Å²) in [5.74, 6) is 0.236. The number of hydrogen-bond donors (Lipinski definition) is 1. The predicted octanol–water partition coefficient (Wildman–Crippen LogP) is 2.22. The summed E-state index contributed by atoms with van der Waals surface area (Å²) in [5.41, 5.74) is 7.89. The fourth-order valence-electron chi connectivity index (χ4n) is 2.04. The highest BCUT2D eigenvalue weighted by molar-refractivity contribution is 5.93. The van der Waals surface area contributed by atoms with Gasteiger partial charge in [0.1, 0.15) is 0 Å². The van der Waals surface area contributed by atoms with Crippen LogP contribution in [0.1, 0.15) is 37.8 Å². The molecule has 0 aliphatic carbocycles. The molecule has 0 bridgehead atoms. The minimum absolute atomic E-state index is 0.0473. The first-order chi connectivity index (χ1) is 7.68. The van der Waals surface area contributed by atoms with Crippen molar-refractivity contribution in [2.75, 3.05) is 11.4 Å². The Labute approximate surface area is 96.2 Å². The molecule has 1 aromatic rings. The van der Waals surface area contributed by atoms with Crippen molar-refractivity contribution >= 4 is 11.6 Å². The first-order valence-electron chi connectivity index (χ1n) is 5.84. The van der Waals surface area contributed by atoms with Gasteiger partial charge in [-0.3, -0.25) is 4.79 Å². The van der Waals surface area contributed by atoms with E-state index in [0.717, 1.165) is 30.6 Å². The minimum Gasteiger partial charge on any atom is -0.324 e. The van der Waals surface area contributed by atoms with E-state index in [1.165, 1.54) is 0 Å². The van der Waals surface area contributed by atoms with E-state index in [-0.39, 0.29) is 11.9 Å². The molecule has 1 heterocycles. The fraction of sp³-hybridized carbons (Fsp3) is 0.462. The number of carbonyl (C=O) groups excluding carboxylic acids is 1. The van der Waals surface area contributed by atoms with Crippen LogP contribution in [0.5, 0.6) is 0 Å². The van der Waals surface area contributed by atoms with E-state index >= 15 is 0 Å². The minimum atomic E-state index is 0.0473. The van der Waals surface area contributed by atoms with Crippen LogP contribution < -0.4 is 10.6 Å². The lowest BCUT2D eigenvalue weighted by Gasteiger charge is -2.27. The van der Waals surface area contributed by atoms with Crippen molar-refractivity contribution in [2.45, 2.75) is 32.2 Å². The van der Waals surface area contributed by atoms with Gasteiger partial charge in [-0.1, -0.05) is 12.1 Å². The number of piperidine rings is 1. The average molecular weight is 218 g/mol. The van der Waals surface area contributed by atoms with Crippen LogP contribution in [0, 0.1) is 0 Å². The monoisotopic (exact) mass is 218 g/mol. The van der Waals surface area contributed by atoms with E-state index < -0.39 is 0 Å². The second kappa shape index (κ2) is 4.66. The van der Waals surface area contributed by atoms with Crippen molar-refractivity contribution in [1.29, 1.82) is 0 Å². The molecule has 0 aromatic heterocycles. The van der Waals surface area contributed by atoms with E-state index in [2.05, 4.69) is 0 Å². The van der Waals surface area contributed by atoms with Gasteiger partial charge in [-0.15, -0.1) is 0 Å². The zero-order valence-electron chi connectivity index (χ0n) is 9.65. The van der Waals surface area contributed by atoms with E-state index in [1.807, 2.05) is 36.1 Å². The first kappa shape index (κ1) is 11.1. The van der Waals surface area contributed by atoms with Gasteiger partial charge in [0.25, 0.3) is 0 Å². The Morgan fingerprint density at radius 3 is 2.50 bits per heavy atom. The summed E-state index contributed by atoms with van der Waals surface area (Å²) in [5, 5.41) is 0. The van der Waals surface area contributed by atoms with Crippen LogP contribution in [0.2, 0.25) is 0 Å². The molecule has 1 aliphatic rings. The lowest BCUT2D eigenvalue weighted by molar-refractivity contribution is -0.119. The summed E-state index contributed by atoms with van der Waals surface area (Å²) >= 11 is 0. The summed E-state index contributed by atoms with van der Waals surface area (Å²) in [6, 6.07) is 8.03. The van der Waals surface area contributed by atoms with Gasteiger partial charge in [-0.2, -0.15) is 0 Å². The second-order valence-electron chi connectivity index (χ2n) is 4.38. The molecule has 3 nitrogen and oxygen atoms in total. The van der Waals surface area contributed by atoms with Crippen LogP contribution >= 0.6 is 0 Å². The number of amides is 1. The number of rotatable bonds is 2. The third kappa shape index (κ3) is 2.25. The molecule has 1 fully saturated rings.